The van der Waals surface area contributed by atoms with Gasteiger partial charge in [-0.2, -0.15) is 0 Å². The maximum atomic E-state index is 12.1. The Morgan fingerprint density at radius 3 is 2.85 bits per heavy atom. The molecule has 2 amide bonds. The molecule has 2 aliphatic heterocycles. The average Bonchev–Trinajstić information content (AvgIpc) is 2.47. The molecule has 2 fully saturated rings. The van der Waals surface area contributed by atoms with Crippen LogP contribution < -0.4 is 5.32 Å². The Labute approximate surface area is 118 Å². The van der Waals surface area contributed by atoms with Crippen molar-refractivity contribution in [3.8, 4) is 0 Å². The summed E-state index contributed by atoms with van der Waals surface area (Å²) >= 11 is 0. The largest absolute Gasteiger partial charge is 0.469 e. The summed E-state index contributed by atoms with van der Waals surface area (Å²) in [6.07, 6.45) is 1.07. The number of rotatable bonds is 4. The smallest absolute Gasteiger partial charge is 0.305 e. The fourth-order valence-corrected chi connectivity index (χ4v) is 2.65. The third-order valence-electron chi connectivity index (χ3n) is 3.84. The summed E-state index contributed by atoms with van der Waals surface area (Å²) < 4.78 is 4.54. The maximum absolute atomic E-state index is 12.1. The molecule has 2 aliphatic rings. The summed E-state index contributed by atoms with van der Waals surface area (Å²) in [5, 5.41) is 2.83. The number of hydrogen-bond donors (Lipinski definition) is 1. The van der Waals surface area contributed by atoms with Crippen LogP contribution in [0.15, 0.2) is 0 Å². The second-order valence-electron chi connectivity index (χ2n) is 5.11. The molecule has 7 heteroatoms. The topological polar surface area (TPSA) is 79.0 Å². The van der Waals surface area contributed by atoms with Crippen molar-refractivity contribution in [1.29, 1.82) is 0 Å². The molecule has 2 rings (SSSR count). The van der Waals surface area contributed by atoms with Crippen molar-refractivity contribution in [3.63, 3.8) is 0 Å². The van der Waals surface area contributed by atoms with Gasteiger partial charge in [0.2, 0.25) is 11.8 Å². The van der Waals surface area contributed by atoms with Crippen LogP contribution in [0.4, 0.5) is 0 Å². The van der Waals surface area contributed by atoms with E-state index in [1.807, 2.05) is 0 Å². The number of fused-ring (bicyclic) bond motifs is 1. The van der Waals surface area contributed by atoms with Crippen molar-refractivity contribution < 1.29 is 19.1 Å². The van der Waals surface area contributed by atoms with Gasteiger partial charge in [0.25, 0.3) is 0 Å². The molecule has 0 aromatic carbocycles. The van der Waals surface area contributed by atoms with Crippen LogP contribution in [-0.2, 0) is 19.1 Å². The lowest BCUT2D eigenvalue weighted by Gasteiger charge is -2.43. The van der Waals surface area contributed by atoms with Gasteiger partial charge in [0.15, 0.2) is 0 Å². The van der Waals surface area contributed by atoms with Crippen molar-refractivity contribution in [2.24, 2.45) is 0 Å². The summed E-state index contributed by atoms with van der Waals surface area (Å²) in [5.41, 5.74) is 0. The van der Waals surface area contributed by atoms with Crippen LogP contribution in [0.5, 0.6) is 0 Å². The predicted molar refractivity (Wildman–Crippen MR) is 70.8 cm³/mol. The van der Waals surface area contributed by atoms with Crippen LogP contribution in [-0.4, -0.2) is 73.5 Å². The number of esters is 1. The molecule has 1 unspecified atom stereocenters. The van der Waals surface area contributed by atoms with E-state index in [1.165, 1.54) is 7.11 Å². The zero-order chi connectivity index (χ0) is 14.5. The normalized spacial score (nSPS) is 22.9. The highest BCUT2D eigenvalue weighted by Gasteiger charge is 2.35. The van der Waals surface area contributed by atoms with Gasteiger partial charge in [0.05, 0.1) is 7.11 Å². The summed E-state index contributed by atoms with van der Waals surface area (Å²) in [5.74, 6) is -0.287. The minimum Gasteiger partial charge on any atom is -0.469 e. The molecule has 7 nitrogen and oxygen atoms in total. The molecule has 20 heavy (non-hydrogen) atoms. The van der Waals surface area contributed by atoms with Crippen LogP contribution in [0.3, 0.4) is 0 Å². The first-order chi connectivity index (χ1) is 9.61. The zero-order valence-electron chi connectivity index (χ0n) is 11.8. The van der Waals surface area contributed by atoms with Crippen LogP contribution in [0.25, 0.3) is 0 Å². The molecule has 1 atom stereocenters. The minimum atomic E-state index is -0.297. The number of methoxy groups -OCH3 is 1. The Balaban J connectivity index is 1.79. The molecule has 2 saturated heterocycles. The van der Waals surface area contributed by atoms with Crippen molar-refractivity contribution in [1.82, 2.24) is 15.1 Å². The van der Waals surface area contributed by atoms with E-state index in [4.69, 9.17) is 0 Å². The quantitative estimate of drug-likeness (QED) is 0.668. The van der Waals surface area contributed by atoms with E-state index in [2.05, 4.69) is 15.0 Å². The van der Waals surface area contributed by atoms with Gasteiger partial charge in [-0.05, 0) is 6.42 Å². The van der Waals surface area contributed by atoms with Gasteiger partial charge in [0, 0.05) is 45.6 Å². The summed E-state index contributed by atoms with van der Waals surface area (Å²) in [6.45, 7) is 3.37. The molecule has 2 heterocycles. The SMILES string of the molecule is COC(=O)CCCC(=O)N1CCN2CCNC(=O)C2C1. The summed E-state index contributed by atoms with van der Waals surface area (Å²) in [6, 6.07) is -0.220. The van der Waals surface area contributed by atoms with Crippen LogP contribution in [0.2, 0.25) is 0 Å². The van der Waals surface area contributed by atoms with Crippen LogP contribution >= 0.6 is 0 Å². The van der Waals surface area contributed by atoms with Gasteiger partial charge >= 0.3 is 5.97 Å². The second kappa shape index (κ2) is 6.69. The standard InChI is InChI=1S/C13H21N3O4/c1-20-12(18)4-2-3-11(17)16-8-7-15-6-5-14-13(19)10(15)9-16/h10H,2-9H2,1H3,(H,14,19). The van der Waals surface area contributed by atoms with E-state index < -0.39 is 0 Å². The number of carbonyl (C=O) groups excluding carboxylic acids is 3. The fraction of sp³-hybridized carbons (Fsp3) is 0.769. The molecule has 0 aliphatic carbocycles. The monoisotopic (exact) mass is 283 g/mol. The van der Waals surface area contributed by atoms with Gasteiger partial charge in [-0.3, -0.25) is 19.3 Å². The van der Waals surface area contributed by atoms with E-state index in [9.17, 15) is 14.4 Å². The lowest BCUT2D eigenvalue weighted by Crippen LogP contribution is -2.64. The molecule has 0 saturated carbocycles. The van der Waals surface area contributed by atoms with Gasteiger partial charge < -0.3 is 15.0 Å². The van der Waals surface area contributed by atoms with Crippen molar-refractivity contribution in [3.05, 3.63) is 0 Å². The van der Waals surface area contributed by atoms with Crippen molar-refractivity contribution >= 4 is 17.8 Å². The molecular weight excluding hydrogens is 262 g/mol. The molecule has 1 N–H and O–H groups in total. The van der Waals surface area contributed by atoms with Crippen molar-refractivity contribution in [2.45, 2.75) is 25.3 Å². The van der Waals surface area contributed by atoms with Gasteiger partial charge in [-0.1, -0.05) is 0 Å². The van der Waals surface area contributed by atoms with Gasteiger partial charge in [-0.25, -0.2) is 0 Å². The number of ether oxygens (including phenoxy) is 1. The van der Waals surface area contributed by atoms with Crippen LogP contribution in [0, 0.1) is 0 Å². The second-order valence-corrected chi connectivity index (χ2v) is 5.11. The van der Waals surface area contributed by atoms with Gasteiger partial charge in [0.1, 0.15) is 6.04 Å². The van der Waals surface area contributed by atoms with E-state index in [-0.39, 0.29) is 30.2 Å². The molecule has 0 aromatic heterocycles. The zero-order valence-corrected chi connectivity index (χ0v) is 11.8. The van der Waals surface area contributed by atoms with Gasteiger partial charge in [-0.15, -0.1) is 0 Å². The molecular formula is C13H21N3O4. The highest BCUT2D eigenvalue weighted by molar-refractivity contribution is 5.84. The van der Waals surface area contributed by atoms with Crippen LogP contribution in [0.1, 0.15) is 19.3 Å². The lowest BCUT2D eigenvalue weighted by atomic mass is 10.1. The Bertz CT molecular complexity index is 399. The maximum Gasteiger partial charge on any atom is 0.305 e. The summed E-state index contributed by atoms with van der Waals surface area (Å²) in [4.78, 5) is 38.7. The fourth-order valence-electron chi connectivity index (χ4n) is 2.65. The Kier molecular flexibility index (Phi) is 4.94. The molecule has 0 aromatic rings. The first-order valence-electron chi connectivity index (χ1n) is 6.98. The number of nitrogens with zero attached hydrogens (tertiary/aromatic N) is 2. The number of amides is 2. The Morgan fingerprint density at radius 1 is 1.30 bits per heavy atom. The third kappa shape index (κ3) is 3.47. The predicted octanol–water partition coefficient (Wildman–Crippen LogP) is -1.03. The molecule has 112 valence electrons. The van der Waals surface area contributed by atoms with E-state index in [0.717, 1.165) is 13.1 Å². The highest BCUT2D eigenvalue weighted by atomic mass is 16.5. The first-order valence-corrected chi connectivity index (χ1v) is 6.98. The molecule has 0 spiro atoms. The minimum absolute atomic E-state index is 0.00307. The molecule has 0 radical (unpaired) electrons. The highest BCUT2D eigenvalue weighted by Crippen LogP contribution is 2.14. The number of carbonyl (C=O) groups is 3. The first kappa shape index (κ1) is 14.8. The molecule has 0 bridgehead atoms. The Morgan fingerprint density at radius 2 is 2.10 bits per heavy atom. The van der Waals surface area contributed by atoms with E-state index in [0.29, 0.717) is 32.5 Å². The van der Waals surface area contributed by atoms with E-state index in [1.54, 1.807) is 4.90 Å². The average molecular weight is 283 g/mol. The Hall–Kier alpha value is -1.63. The third-order valence-corrected chi connectivity index (χ3v) is 3.84. The summed E-state index contributed by atoms with van der Waals surface area (Å²) in [7, 11) is 1.34. The van der Waals surface area contributed by atoms with E-state index >= 15 is 0 Å². The number of piperazine rings is 2. The number of nitrogens with one attached hydrogen (secondary N) is 1. The van der Waals surface area contributed by atoms with Crippen molar-refractivity contribution in [2.75, 3.05) is 39.8 Å². The lowest BCUT2D eigenvalue weighted by molar-refractivity contribution is -0.141. The number of hydrogen-bond acceptors (Lipinski definition) is 5.